The lowest BCUT2D eigenvalue weighted by atomic mass is 10.1. The van der Waals surface area contributed by atoms with Crippen LogP contribution in [0.2, 0.25) is 0 Å². The highest BCUT2D eigenvalue weighted by Crippen LogP contribution is 2.19. The van der Waals surface area contributed by atoms with Crippen molar-refractivity contribution in [3.8, 4) is 17.0 Å². The quantitative estimate of drug-likeness (QED) is 0.730. The summed E-state index contributed by atoms with van der Waals surface area (Å²) in [6.45, 7) is 1.92. The molecule has 138 valence electrons. The number of methoxy groups -OCH3 is 1. The summed E-state index contributed by atoms with van der Waals surface area (Å²) in [7, 11) is 1.60. The molecule has 3 rings (SSSR count). The molecule has 0 saturated carbocycles. The van der Waals surface area contributed by atoms with Crippen LogP contribution in [-0.2, 0) is 17.8 Å². The molecule has 0 saturated heterocycles. The zero-order valence-electron chi connectivity index (χ0n) is 15.3. The smallest absolute Gasteiger partial charge is 0.267 e. The van der Waals surface area contributed by atoms with Crippen LogP contribution < -0.4 is 15.6 Å². The number of carbonyl (C=O) groups excluding carboxylic acids is 1. The predicted molar refractivity (Wildman–Crippen MR) is 105 cm³/mol. The van der Waals surface area contributed by atoms with Crippen LogP contribution in [0.25, 0.3) is 11.3 Å². The van der Waals surface area contributed by atoms with Crippen molar-refractivity contribution < 1.29 is 9.53 Å². The van der Waals surface area contributed by atoms with Crippen LogP contribution in [0, 0.1) is 0 Å². The van der Waals surface area contributed by atoms with Crippen molar-refractivity contribution in [2.45, 2.75) is 19.9 Å². The number of rotatable bonds is 6. The summed E-state index contributed by atoms with van der Waals surface area (Å²) in [5, 5.41) is 7.10. The molecule has 1 aromatic heterocycles. The molecule has 0 unspecified atom stereocenters. The molecule has 2 aromatic carbocycles. The van der Waals surface area contributed by atoms with Crippen LogP contribution in [0.1, 0.15) is 12.5 Å². The zero-order valence-corrected chi connectivity index (χ0v) is 15.3. The normalized spacial score (nSPS) is 10.4. The Hall–Kier alpha value is -3.41. The van der Waals surface area contributed by atoms with Gasteiger partial charge in [-0.2, -0.15) is 5.10 Å². The first kappa shape index (κ1) is 18.4. The van der Waals surface area contributed by atoms with Gasteiger partial charge in [0.2, 0.25) is 5.91 Å². The minimum Gasteiger partial charge on any atom is -0.497 e. The number of aryl methyl sites for hydroxylation is 1. The van der Waals surface area contributed by atoms with Crippen LogP contribution in [0.4, 0.5) is 5.69 Å². The third kappa shape index (κ3) is 4.61. The second-order valence-corrected chi connectivity index (χ2v) is 6.04. The monoisotopic (exact) mass is 363 g/mol. The van der Waals surface area contributed by atoms with Gasteiger partial charge in [0.15, 0.2) is 0 Å². The Kier molecular flexibility index (Phi) is 5.66. The number of benzene rings is 2. The van der Waals surface area contributed by atoms with E-state index in [-0.39, 0.29) is 18.0 Å². The highest BCUT2D eigenvalue weighted by Gasteiger charge is 2.09. The topological polar surface area (TPSA) is 73.2 Å². The molecule has 0 atom stereocenters. The van der Waals surface area contributed by atoms with Gasteiger partial charge in [0.1, 0.15) is 12.3 Å². The highest BCUT2D eigenvalue weighted by molar-refractivity contribution is 5.90. The zero-order chi connectivity index (χ0) is 19.2. The Bertz CT molecular complexity index is 977. The summed E-state index contributed by atoms with van der Waals surface area (Å²) in [5.74, 6) is 0.432. The van der Waals surface area contributed by atoms with Gasteiger partial charge >= 0.3 is 0 Å². The Labute approximate surface area is 157 Å². The summed E-state index contributed by atoms with van der Waals surface area (Å²) < 4.78 is 6.31. The van der Waals surface area contributed by atoms with Crippen molar-refractivity contribution in [3.63, 3.8) is 0 Å². The summed E-state index contributed by atoms with van der Waals surface area (Å²) in [4.78, 5) is 24.4. The fraction of sp³-hybridized carbons (Fsp3) is 0.190. The molecule has 0 aliphatic carbocycles. The maximum absolute atomic E-state index is 12.3. The third-order valence-corrected chi connectivity index (χ3v) is 4.19. The van der Waals surface area contributed by atoms with Crippen molar-refractivity contribution in [2.75, 3.05) is 12.4 Å². The molecule has 1 heterocycles. The molecule has 0 radical (unpaired) electrons. The maximum Gasteiger partial charge on any atom is 0.267 e. The van der Waals surface area contributed by atoms with Crippen molar-refractivity contribution >= 4 is 11.6 Å². The van der Waals surface area contributed by atoms with Crippen molar-refractivity contribution in [2.24, 2.45) is 0 Å². The Morgan fingerprint density at radius 1 is 1.04 bits per heavy atom. The van der Waals surface area contributed by atoms with Crippen LogP contribution in [-0.4, -0.2) is 22.8 Å². The first-order valence-corrected chi connectivity index (χ1v) is 8.70. The van der Waals surface area contributed by atoms with Crippen LogP contribution in [0.3, 0.4) is 0 Å². The second kappa shape index (κ2) is 8.31. The van der Waals surface area contributed by atoms with Crippen LogP contribution >= 0.6 is 0 Å². The molecular formula is C21H21N3O3. The number of anilines is 1. The molecule has 0 spiro atoms. The van der Waals surface area contributed by atoms with E-state index in [1.54, 1.807) is 13.2 Å². The second-order valence-electron chi connectivity index (χ2n) is 6.04. The van der Waals surface area contributed by atoms with E-state index in [1.807, 2.05) is 48.5 Å². The first-order chi connectivity index (χ1) is 13.1. The summed E-state index contributed by atoms with van der Waals surface area (Å²) in [6, 6.07) is 18.0. The van der Waals surface area contributed by atoms with E-state index in [2.05, 4.69) is 17.3 Å². The molecular weight excluding hydrogens is 342 g/mol. The molecule has 6 nitrogen and oxygen atoms in total. The van der Waals surface area contributed by atoms with Gasteiger partial charge in [-0.3, -0.25) is 9.59 Å². The van der Waals surface area contributed by atoms with Gasteiger partial charge in [0, 0.05) is 17.3 Å². The number of hydrogen-bond acceptors (Lipinski definition) is 4. The lowest BCUT2D eigenvalue weighted by Gasteiger charge is -2.09. The number of aromatic nitrogens is 2. The Balaban J connectivity index is 1.75. The number of nitrogens with one attached hydrogen (secondary N) is 1. The van der Waals surface area contributed by atoms with Gasteiger partial charge in [-0.15, -0.1) is 0 Å². The molecule has 6 heteroatoms. The van der Waals surface area contributed by atoms with Gasteiger partial charge in [-0.25, -0.2) is 4.68 Å². The first-order valence-electron chi connectivity index (χ1n) is 8.70. The van der Waals surface area contributed by atoms with Crippen LogP contribution in [0.15, 0.2) is 65.5 Å². The van der Waals surface area contributed by atoms with E-state index in [0.29, 0.717) is 11.4 Å². The van der Waals surface area contributed by atoms with E-state index in [0.717, 1.165) is 22.4 Å². The lowest BCUT2D eigenvalue weighted by molar-refractivity contribution is -0.117. The average Bonchev–Trinajstić information content (AvgIpc) is 2.70. The number of nitrogens with zero attached hydrogens (tertiary/aromatic N) is 2. The maximum atomic E-state index is 12.3. The standard InChI is InChI=1S/C21H21N3O3/c1-3-15-4-8-17(9-5-15)22-20(25)14-24-21(26)13-12-19(23-24)16-6-10-18(27-2)11-7-16/h4-13H,3,14H2,1-2H3,(H,22,25). The summed E-state index contributed by atoms with van der Waals surface area (Å²) in [5.41, 5.74) is 3.00. The number of ether oxygens (including phenoxy) is 1. The van der Waals surface area contributed by atoms with Crippen molar-refractivity contribution in [1.29, 1.82) is 0 Å². The van der Waals surface area contributed by atoms with E-state index in [9.17, 15) is 9.59 Å². The minimum absolute atomic E-state index is 0.154. The Morgan fingerprint density at radius 2 is 1.74 bits per heavy atom. The fourth-order valence-corrected chi connectivity index (χ4v) is 2.64. The lowest BCUT2D eigenvalue weighted by Crippen LogP contribution is -2.29. The van der Waals surface area contributed by atoms with Crippen molar-refractivity contribution in [3.05, 3.63) is 76.6 Å². The van der Waals surface area contributed by atoms with E-state index >= 15 is 0 Å². The number of amides is 1. The fourth-order valence-electron chi connectivity index (χ4n) is 2.64. The minimum atomic E-state index is -0.330. The van der Waals surface area contributed by atoms with Crippen LogP contribution in [0.5, 0.6) is 5.75 Å². The summed E-state index contributed by atoms with van der Waals surface area (Å²) in [6.07, 6.45) is 0.936. The molecule has 0 aliphatic rings. The molecule has 0 aliphatic heterocycles. The van der Waals surface area contributed by atoms with Gasteiger partial charge < -0.3 is 10.1 Å². The van der Waals surface area contributed by atoms with Crippen molar-refractivity contribution in [1.82, 2.24) is 9.78 Å². The highest BCUT2D eigenvalue weighted by atomic mass is 16.5. The molecule has 3 aromatic rings. The van der Waals surface area contributed by atoms with E-state index < -0.39 is 0 Å². The SMILES string of the molecule is CCc1ccc(NC(=O)Cn2nc(-c3ccc(OC)cc3)ccc2=O)cc1. The van der Waals surface area contributed by atoms with E-state index in [4.69, 9.17) is 4.74 Å². The molecule has 0 bridgehead atoms. The van der Waals surface area contributed by atoms with Gasteiger partial charge in [-0.05, 0) is 54.4 Å². The van der Waals surface area contributed by atoms with E-state index in [1.165, 1.54) is 11.6 Å². The molecule has 1 amide bonds. The largest absolute Gasteiger partial charge is 0.497 e. The van der Waals surface area contributed by atoms with Gasteiger partial charge in [0.05, 0.1) is 12.8 Å². The predicted octanol–water partition coefficient (Wildman–Crippen LogP) is 3.12. The molecule has 1 N–H and O–H groups in total. The van der Waals surface area contributed by atoms with Gasteiger partial charge in [-0.1, -0.05) is 19.1 Å². The number of carbonyl (C=O) groups is 1. The number of hydrogen-bond donors (Lipinski definition) is 1. The Morgan fingerprint density at radius 3 is 2.37 bits per heavy atom. The van der Waals surface area contributed by atoms with Gasteiger partial charge in [0.25, 0.3) is 5.56 Å². The third-order valence-electron chi connectivity index (χ3n) is 4.19. The average molecular weight is 363 g/mol. The molecule has 27 heavy (non-hydrogen) atoms. The molecule has 0 fully saturated rings. The summed E-state index contributed by atoms with van der Waals surface area (Å²) >= 11 is 0.